The minimum Gasteiger partial charge on any atom is -0.496 e. The molecule has 1 aromatic rings. The molecular weight excluding hydrogens is 380 g/mol. The van der Waals surface area contributed by atoms with Crippen LogP contribution < -0.4 is 10.5 Å². The van der Waals surface area contributed by atoms with Crippen LogP contribution in [-0.4, -0.2) is 39.5 Å². The van der Waals surface area contributed by atoms with Crippen LogP contribution in [0.15, 0.2) is 27.6 Å². The zero-order chi connectivity index (χ0) is 15.0. The van der Waals surface area contributed by atoms with Crippen molar-refractivity contribution in [1.82, 2.24) is 4.31 Å². The van der Waals surface area contributed by atoms with Crippen LogP contribution in [0.25, 0.3) is 0 Å². The third-order valence-electron chi connectivity index (χ3n) is 3.78. The predicted octanol–water partition coefficient (Wildman–Crippen LogP) is 2.24. The van der Waals surface area contributed by atoms with Gasteiger partial charge in [0.25, 0.3) is 0 Å². The average Bonchev–Trinajstić information content (AvgIpc) is 2.83. The summed E-state index contributed by atoms with van der Waals surface area (Å²) in [5.74, 6) is 0.506. The highest BCUT2D eigenvalue weighted by Crippen LogP contribution is 2.34. The highest BCUT2D eigenvalue weighted by molar-refractivity contribution is 9.10. The summed E-state index contributed by atoms with van der Waals surface area (Å²) in [5, 5.41) is 0. The van der Waals surface area contributed by atoms with Gasteiger partial charge in [-0.25, -0.2) is 8.42 Å². The van der Waals surface area contributed by atoms with Gasteiger partial charge in [0, 0.05) is 19.2 Å². The van der Waals surface area contributed by atoms with Gasteiger partial charge in [0.2, 0.25) is 10.0 Å². The van der Waals surface area contributed by atoms with E-state index in [0.29, 0.717) is 25.4 Å². The van der Waals surface area contributed by atoms with Crippen molar-refractivity contribution in [2.75, 3.05) is 26.7 Å². The molecule has 0 spiro atoms. The SMILES string of the molecule is COc1cc(S(=O)(=O)N2CCC(C)(CN)C2)ccc1Br.Cl. The van der Waals surface area contributed by atoms with Crippen molar-refractivity contribution in [3.8, 4) is 5.75 Å². The number of rotatable bonds is 4. The van der Waals surface area contributed by atoms with Gasteiger partial charge in [0.15, 0.2) is 0 Å². The number of halogens is 2. The normalized spacial score (nSPS) is 22.9. The molecule has 1 heterocycles. The zero-order valence-corrected chi connectivity index (χ0v) is 15.2. The molecule has 0 amide bonds. The van der Waals surface area contributed by atoms with Crippen molar-refractivity contribution in [3.63, 3.8) is 0 Å². The molecule has 0 aromatic heterocycles. The molecule has 21 heavy (non-hydrogen) atoms. The van der Waals surface area contributed by atoms with E-state index in [9.17, 15) is 8.42 Å². The van der Waals surface area contributed by atoms with Crippen LogP contribution in [0.3, 0.4) is 0 Å². The molecule has 2 N–H and O–H groups in total. The van der Waals surface area contributed by atoms with Gasteiger partial charge in [0.1, 0.15) is 5.75 Å². The number of hydrogen-bond donors (Lipinski definition) is 1. The molecule has 0 bridgehead atoms. The number of nitrogens with two attached hydrogens (primary N) is 1. The number of ether oxygens (including phenoxy) is 1. The van der Waals surface area contributed by atoms with Crippen LogP contribution in [0.2, 0.25) is 0 Å². The fourth-order valence-electron chi connectivity index (χ4n) is 2.30. The Morgan fingerprint density at radius 3 is 2.67 bits per heavy atom. The maximum atomic E-state index is 12.6. The second-order valence-corrected chi connectivity index (χ2v) is 8.19. The fourth-order valence-corrected chi connectivity index (χ4v) is 4.32. The minimum atomic E-state index is -3.49. The second-order valence-electron chi connectivity index (χ2n) is 5.40. The Morgan fingerprint density at radius 2 is 2.14 bits per heavy atom. The molecule has 2 rings (SSSR count). The van der Waals surface area contributed by atoms with E-state index < -0.39 is 10.0 Å². The Balaban J connectivity index is 0.00000220. The first kappa shape index (κ1) is 18.7. The van der Waals surface area contributed by atoms with Crippen LogP contribution >= 0.6 is 28.3 Å². The molecule has 0 saturated carbocycles. The van der Waals surface area contributed by atoms with Gasteiger partial charge in [-0.15, -0.1) is 12.4 Å². The van der Waals surface area contributed by atoms with Crippen LogP contribution in [0.5, 0.6) is 5.75 Å². The van der Waals surface area contributed by atoms with E-state index in [2.05, 4.69) is 15.9 Å². The standard InChI is InChI=1S/C13H19BrN2O3S.ClH/c1-13(8-15)5-6-16(9-13)20(17,18)10-3-4-11(14)12(7-10)19-2;/h3-4,7H,5-6,8-9,15H2,1-2H3;1H. The highest BCUT2D eigenvalue weighted by atomic mass is 79.9. The minimum absolute atomic E-state index is 0. The van der Waals surface area contributed by atoms with E-state index in [0.717, 1.165) is 10.9 Å². The van der Waals surface area contributed by atoms with Gasteiger partial charge in [-0.3, -0.25) is 0 Å². The van der Waals surface area contributed by atoms with Crippen LogP contribution in [-0.2, 0) is 10.0 Å². The molecule has 1 aliphatic heterocycles. The summed E-state index contributed by atoms with van der Waals surface area (Å²) >= 11 is 3.32. The van der Waals surface area contributed by atoms with E-state index in [1.165, 1.54) is 17.5 Å². The number of nitrogens with zero attached hydrogens (tertiary/aromatic N) is 1. The number of methoxy groups -OCH3 is 1. The van der Waals surface area contributed by atoms with Crippen molar-refractivity contribution < 1.29 is 13.2 Å². The molecule has 5 nitrogen and oxygen atoms in total. The summed E-state index contributed by atoms with van der Waals surface area (Å²) < 4.78 is 32.7. The smallest absolute Gasteiger partial charge is 0.243 e. The molecular formula is C13H20BrClN2O3S. The molecule has 1 atom stereocenters. The largest absolute Gasteiger partial charge is 0.496 e. The maximum absolute atomic E-state index is 12.6. The summed E-state index contributed by atoms with van der Waals surface area (Å²) in [5.41, 5.74) is 5.60. The Hall–Kier alpha value is -0.340. The van der Waals surface area contributed by atoms with E-state index in [-0.39, 0.29) is 22.7 Å². The zero-order valence-electron chi connectivity index (χ0n) is 12.0. The molecule has 1 fully saturated rings. The third-order valence-corrected chi connectivity index (χ3v) is 6.27. The quantitative estimate of drug-likeness (QED) is 0.843. The fraction of sp³-hybridized carbons (Fsp3) is 0.538. The summed E-state index contributed by atoms with van der Waals surface area (Å²) in [6.45, 7) is 3.48. The summed E-state index contributed by atoms with van der Waals surface area (Å²) in [6.07, 6.45) is 0.788. The van der Waals surface area contributed by atoms with Crippen LogP contribution in [0.1, 0.15) is 13.3 Å². The van der Waals surface area contributed by atoms with E-state index in [4.69, 9.17) is 10.5 Å². The van der Waals surface area contributed by atoms with Gasteiger partial charge < -0.3 is 10.5 Å². The van der Waals surface area contributed by atoms with Crippen molar-refractivity contribution in [3.05, 3.63) is 22.7 Å². The average molecular weight is 400 g/mol. The molecule has 0 radical (unpaired) electrons. The molecule has 1 aliphatic rings. The number of sulfonamides is 1. The lowest BCUT2D eigenvalue weighted by atomic mass is 9.90. The van der Waals surface area contributed by atoms with Crippen LogP contribution in [0, 0.1) is 5.41 Å². The van der Waals surface area contributed by atoms with E-state index >= 15 is 0 Å². The van der Waals surface area contributed by atoms with Gasteiger partial charge >= 0.3 is 0 Å². The molecule has 120 valence electrons. The molecule has 1 unspecified atom stereocenters. The Bertz CT molecular complexity index is 611. The Kier molecular flexibility index (Phi) is 6.08. The lowest BCUT2D eigenvalue weighted by Crippen LogP contribution is -2.34. The number of hydrogen-bond acceptors (Lipinski definition) is 4. The summed E-state index contributed by atoms with van der Waals surface area (Å²) in [6, 6.07) is 4.81. The van der Waals surface area contributed by atoms with Gasteiger partial charge in [-0.1, -0.05) is 6.92 Å². The van der Waals surface area contributed by atoms with Gasteiger partial charge in [-0.05, 0) is 46.4 Å². The van der Waals surface area contributed by atoms with Crippen molar-refractivity contribution in [2.45, 2.75) is 18.2 Å². The first-order valence-electron chi connectivity index (χ1n) is 6.36. The van der Waals surface area contributed by atoms with Crippen molar-refractivity contribution in [1.29, 1.82) is 0 Å². The molecule has 1 aromatic carbocycles. The monoisotopic (exact) mass is 398 g/mol. The maximum Gasteiger partial charge on any atom is 0.243 e. The highest BCUT2D eigenvalue weighted by Gasteiger charge is 2.39. The lowest BCUT2D eigenvalue weighted by Gasteiger charge is -2.22. The molecule has 0 aliphatic carbocycles. The van der Waals surface area contributed by atoms with E-state index in [1.807, 2.05) is 6.92 Å². The Labute approximate surface area is 140 Å². The predicted molar refractivity (Wildman–Crippen MR) is 88.5 cm³/mol. The van der Waals surface area contributed by atoms with Gasteiger partial charge in [-0.2, -0.15) is 4.31 Å². The van der Waals surface area contributed by atoms with Crippen molar-refractivity contribution in [2.24, 2.45) is 11.1 Å². The first-order chi connectivity index (χ1) is 9.32. The molecule has 1 saturated heterocycles. The third kappa shape index (κ3) is 3.71. The first-order valence-corrected chi connectivity index (χ1v) is 8.59. The molecule has 8 heteroatoms. The summed E-state index contributed by atoms with van der Waals surface area (Å²) in [4.78, 5) is 0.249. The summed E-state index contributed by atoms with van der Waals surface area (Å²) in [7, 11) is -1.98. The van der Waals surface area contributed by atoms with Crippen molar-refractivity contribution >= 4 is 38.4 Å². The van der Waals surface area contributed by atoms with Crippen LogP contribution in [0.4, 0.5) is 0 Å². The second kappa shape index (κ2) is 6.83. The van der Waals surface area contributed by atoms with E-state index in [1.54, 1.807) is 12.1 Å². The van der Waals surface area contributed by atoms with Gasteiger partial charge in [0.05, 0.1) is 16.5 Å². The number of benzene rings is 1. The lowest BCUT2D eigenvalue weighted by molar-refractivity contribution is 0.349. The topological polar surface area (TPSA) is 72.6 Å². The Morgan fingerprint density at radius 1 is 1.48 bits per heavy atom.